The van der Waals surface area contributed by atoms with Crippen LogP contribution in [-0.2, 0) is 18.8 Å². The normalized spacial score (nSPS) is 50.7. The smallest absolute Gasteiger partial charge is 0.245 e. The van der Waals surface area contributed by atoms with Crippen LogP contribution in [-0.4, -0.2) is 20.6 Å². The Morgan fingerprint density at radius 3 is 1.18 bits per heavy atom. The molecule has 0 heterocycles. The molecule has 252 valence electrons. The standard InChI is InChI=1S/C40H62O4S/c1-23(2)29-13-15-39-33(29)17-19-35-31-11-7-27(21-25(31)5-9-37(35)39)43-45(41,42)44-28-8-12-32-26(22-28)6-10-38-36(32)20-18-34-30(24(3)4)14-16-40(34)38/h25-40H,1,3,5-22H2,2,4H3. The molecule has 0 radical (unpaired) electrons. The van der Waals surface area contributed by atoms with Crippen LogP contribution >= 0.6 is 0 Å². The minimum absolute atomic E-state index is 0.195. The summed E-state index contributed by atoms with van der Waals surface area (Å²) in [6.45, 7) is 13.2. The predicted octanol–water partition coefficient (Wildman–Crippen LogP) is 9.91. The maximum absolute atomic E-state index is 13.3. The highest BCUT2D eigenvalue weighted by atomic mass is 32.3. The SMILES string of the molecule is C=C(C)C1CCC2C1CCC1C3CCC(OS(=O)(=O)OC4CCC5C(CCC6C5CCC5C(C(=C)C)CCC56)C4)CC3CCC12. The van der Waals surface area contributed by atoms with E-state index < -0.39 is 10.4 Å². The monoisotopic (exact) mass is 638 g/mol. The molecular formula is C40H62O4S. The lowest BCUT2D eigenvalue weighted by atomic mass is 9.53. The third-order valence-electron chi connectivity index (χ3n) is 16.2. The zero-order valence-corrected chi connectivity index (χ0v) is 29.2. The third kappa shape index (κ3) is 5.77. The average Bonchev–Trinajstić information content (AvgIpc) is 3.65. The molecule has 0 N–H and O–H groups in total. The van der Waals surface area contributed by atoms with Gasteiger partial charge in [-0.15, -0.1) is 0 Å². The molecule has 5 heteroatoms. The number of hydrogen-bond acceptors (Lipinski definition) is 4. The summed E-state index contributed by atoms with van der Waals surface area (Å²) < 4.78 is 38.4. The first-order valence-corrected chi connectivity index (χ1v) is 20.9. The fraction of sp³-hybridized carbons (Fsp3) is 0.900. The highest BCUT2D eigenvalue weighted by Gasteiger charge is 2.54. The van der Waals surface area contributed by atoms with Crippen molar-refractivity contribution in [1.29, 1.82) is 0 Å². The Morgan fingerprint density at radius 2 is 0.756 bits per heavy atom. The van der Waals surface area contributed by atoms with E-state index in [1.54, 1.807) is 0 Å². The minimum atomic E-state index is -3.97. The maximum atomic E-state index is 13.3. The number of allylic oxidation sites excluding steroid dienone is 2. The summed E-state index contributed by atoms with van der Waals surface area (Å²) in [7, 11) is -3.97. The molecule has 8 rings (SSSR count). The fourth-order valence-corrected chi connectivity index (χ4v) is 15.8. The Morgan fingerprint density at radius 1 is 0.444 bits per heavy atom. The zero-order valence-electron chi connectivity index (χ0n) is 28.4. The van der Waals surface area contributed by atoms with E-state index in [1.165, 1.54) is 88.2 Å². The average molecular weight is 639 g/mol. The van der Waals surface area contributed by atoms with Crippen molar-refractivity contribution in [3.8, 4) is 0 Å². The van der Waals surface area contributed by atoms with E-state index in [0.29, 0.717) is 11.8 Å². The van der Waals surface area contributed by atoms with Gasteiger partial charge < -0.3 is 0 Å². The first-order chi connectivity index (χ1) is 21.7. The lowest BCUT2D eigenvalue weighted by molar-refractivity contribution is -0.0534. The lowest BCUT2D eigenvalue weighted by Crippen LogP contribution is -2.47. The van der Waals surface area contributed by atoms with Gasteiger partial charge in [0.2, 0.25) is 0 Å². The van der Waals surface area contributed by atoms with Crippen LogP contribution in [0.25, 0.3) is 0 Å². The van der Waals surface area contributed by atoms with Crippen molar-refractivity contribution in [2.75, 3.05) is 0 Å². The Labute approximate surface area is 275 Å². The number of hydrogen-bond donors (Lipinski definition) is 0. The molecule has 8 aliphatic rings. The van der Waals surface area contributed by atoms with E-state index >= 15 is 0 Å². The van der Waals surface area contributed by atoms with Gasteiger partial charge in [0.1, 0.15) is 0 Å². The number of fused-ring (bicyclic) bond motifs is 10. The summed E-state index contributed by atoms with van der Waals surface area (Å²) in [4.78, 5) is 0. The Hall–Kier alpha value is -0.650. The second-order valence-corrected chi connectivity index (χ2v) is 19.2. The zero-order chi connectivity index (χ0) is 31.0. The van der Waals surface area contributed by atoms with Crippen molar-refractivity contribution in [2.24, 2.45) is 82.9 Å². The van der Waals surface area contributed by atoms with Crippen molar-refractivity contribution >= 4 is 10.4 Å². The minimum Gasteiger partial charge on any atom is -0.245 e. The van der Waals surface area contributed by atoms with Gasteiger partial charge in [-0.25, -0.2) is 8.37 Å². The first kappa shape index (κ1) is 31.6. The van der Waals surface area contributed by atoms with Crippen LogP contribution in [0.4, 0.5) is 0 Å². The molecule has 0 spiro atoms. The first-order valence-electron chi connectivity index (χ1n) is 19.6. The van der Waals surface area contributed by atoms with Crippen molar-refractivity contribution in [3.05, 3.63) is 24.3 Å². The van der Waals surface area contributed by atoms with Crippen LogP contribution in [0.5, 0.6) is 0 Å². The van der Waals surface area contributed by atoms with Gasteiger partial charge in [-0.05, 0) is 212 Å². The van der Waals surface area contributed by atoms with Crippen LogP contribution in [0, 0.1) is 82.9 Å². The van der Waals surface area contributed by atoms with E-state index in [9.17, 15) is 8.42 Å². The van der Waals surface area contributed by atoms with Crippen molar-refractivity contribution < 1.29 is 16.8 Å². The molecule has 45 heavy (non-hydrogen) atoms. The molecule has 0 aliphatic heterocycles. The van der Waals surface area contributed by atoms with Gasteiger partial charge in [0.25, 0.3) is 0 Å². The second-order valence-electron chi connectivity index (χ2n) is 18.0. The second kappa shape index (κ2) is 12.3. The van der Waals surface area contributed by atoms with Crippen LogP contribution in [0.3, 0.4) is 0 Å². The van der Waals surface area contributed by atoms with Crippen molar-refractivity contribution in [2.45, 2.75) is 142 Å². The van der Waals surface area contributed by atoms with E-state index in [0.717, 1.165) is 110 Å². The van der Waals surface area contributed by atoms with E-state index in [2.05, 4.69) is 27.0 Å². The lowest BCUT2D eigenvalue weighted by Gasteiger charge is -2.53. The summed E-state index contributed by atoms with van der Waals surface area (Å²) in [5, 5.41) is 0. The fourth-order valence-electron chi connectivity index (χ4n) is 14.7. The molecule has 16 atom stereocenters. The van der Waals surface area contributed by atoms with Crippen LogP contribution in [0.15, 0.2) is 24.3 Å². The molecule has 8 saturated carbocycles. The summed E-state index contributed by atoms with van der Waals surface area (Å²) in [6, 6.07) is 0. The highest BCUT2D eigenvalue weighted by molar-refractivity contribution is 7.81. The third-order valence-corrected chi connectivity index (χ3v) is 17.2. The van der Waals surface area contributed by atoms with E-state index in [4.69, 9.17) is 8.37 Å². The molecule has 0 amide bonds. The summed E-state index contributed by atoms with van der Waals surface area (Å²) >= 11 is 0. The van der Waals surface area contributed by atoms with Gasteiger partial charge in [-0.2, -0.15) is 8.42 Å². The largest absolute Gasteiger partial charge is 0.400 e. The summed E-state index contributed by atoms with van der Waals surface area (Å²) in [5.41, 5.74) is 2.83. The molecule has 8 aliphatic carbocycles. The van der Waals surface area contributed by atoms with Gasteiger partial charge in [-0.1, -0.05) is 24.3 Å². The Balaban J connectivity index is 0.830. The van der Waals surface area contributed by atoms with Gasteiger partial charge in [-0.3, -0.25) is 0 Å². The molecule has 8 fully saturated rings. The highest BCUT2D eigenvalue weighted by Crippen LogP contribution is 2.61. The van der Waals surface area contributed by atoms with Gasteiger partial charge >= 0.3 is 10.4 Å². The Kier molecular flexibility index (Phi) is 8.67. The summed E-state index contributed by atoms with van der Waals surface area (Å²) in [6.07, 6.45) is 21.7. The molecule has 0 bridgehead atoms. The molecule has 16 unspecified atom stereocenters. The Bertz CT molecular complexity index is 1150. The number of rotatable bonds is 6. The van der Waals surface area contributed by atoms with Crippen LogP contribution < -0.4 is 0 Å². The molecule has 0 aromatic carbocycles. The van der Waals surface area contributed by atoms with Gasteiger partial charge in [0, 0.05) is 0 Å². The van der Waals surface area contributed by atoms with E-state index in [-0.39, 0.29) is 12.2 Å². The topological polar surface area (TPSA) is 52.6 Å². The molecule has 4 nitrogen and oxygen atoms in total. The predicted molar refractivity (Wildman–Crippen MR) is 180 cm³/mol. The van der Waals surface area contributed by atoms with Crippen LogP contribution in [0.2, 0.25) is 0 Å². The molecule has 0 aromatic heterocycles. The summed E-state index contributed by atoms with van der Waals surface area (Å²) in [5.74, 6) is 11.4. The van der Waals surface area contributed by atoms with Crippen molar-refractivity contribution in [3.63, 3.8) is 0 Å². The molecule has 0 aromatic rings. The molecule has 0 saturated heterocycles. The van der Waals surface area contributed by atoms with Crippen molar-refractivity contribution in [1.82, 2.24) is 0 Å². The molecular weight excluding hydrogens is 577 g/mol. The van der Waals surface area contributed by atoms with Gasteiger partial charge in [0.15, 0.2) is 0 Å². The van der Waals surface area contributed by atoms with Crippen LogP contribution in [0.1, 0.15) is 129 Å². The van der Waals surface area contributed by atoms with E-state index in [1.807, 2.05) is 0 Å². The maximum Gasteiger partial charge on any atom is 0.400 e. The van der Waals surface area contributed by atoms with Gasteiger partial charge in [0.05, 0.1) is 12.2 Å². The quantitative estimate of drug-likeness (QED) is 0.272.